The van der Waals surface area contributed by atoms with E-state index in [2.05, 4.69) is 15.0 Å². The molecule has 0 aliphatic carbocycles. The maximum Gasteiger partial charge on any atom is 0.408 e. The molecule has 0 saturated carbocycles. The molecule has 0 fully saturated rings. The Morgan fingerprint density at radius 3 is 2.32 bits per heavy atom. The Kier molecular flexibility index (Phi) is 10.4. The topological polar surface area (TPSA) is 149 Å². The number of sulfonamides is 1. The van der Waals surface area contributed by atoms with Gasteiger partial charge < -0.3 is 20.5 Å². The molecular formula is C23H38N4O6S. The monoisotopic (exact) mass is 498 g/mol. The fourth-order valence-corrected chi connectivity index (χ4v) is 4.85. The van der Waals surface area contributed by atoms with Gasteiger partial charge in [0.1, 0.15) is 11.4 Å². The first-order valence-electron chi connectivity index (χ1n) is 11.1. The highest BCUT2D eigenvalue weighted by molar-refractivity contribution is 7.90. The van der Waals surface area contributed by atoms with Crippen LogP contribution in [0.4, 0.5) is 4.79 Å². The van der Waals surface area contributed by atoms with Crippen LogP contribution in [-0.4, -0.2) is 51.6 Å². The van der Waals surface area contributed by atoms with Crippen LogP contribution in [0, 0.1) is 20.8 Å². The lowest BCUT2D eigenvalue weighted by molar-refractivity contribution is -0.121. The lowest BCUT2D eigenvalue weighted by Gasteiger charge is -2.23. The summed E-state index contributed by atoms with van der Waals surface area (Å²) in [6, 6.07) is 0.938. The number of carbonyl (C=O) groups is 2. The number of rotatable bonds is 10. The maximum absolute atomic E-state index is 12.9. The second-order valence-electron chi connectivity index (χ2n) is 9.01. The zero-order valence-corrected chi connectivity index (χ0v) is 22.2. The van der Waals surface area contributed by atoms with E-state index in [1.807, 2.05) is 0 Å². The molecule has 1 aromatic carbocycles. The first-order chi connectivity index (χ1) is 15.6. The summed E-state index contributed by atoms with van der Waals surface area (Å²) in [4.78, 5) is 28.4. The second kappa shape index (κ2) is 12.0. The molecule has 0 heterocycles. The van der Waals surface area contributed by atoms with Crippen LogP contribution in [0.1, 0.15) is 63.6 Å². The van der Waals surface area contributed by atoms with Crippen molar-refractivity contribution in [1.29, 1.82) is 0 Å². The molecule has 1 atom stereocenters. The largest absolute Gasteiger partial charge is 0.496 e. The van der Waals surface area contributed by atoms with Crippen LogP contribution in [0.3, 0.4) is 0 Å². The van der Waals surface area contributed by atoms with Gasteiger partial charge in [-0.05, 0) is 77.1 Å². The molecule has 34 heavy (non-hydrogen) atoms. The summed E-state index contributed by atoms with van der Waals surface area (Å²) in [5.41, 5.74) is 6.94. The molecule has 0 bridgehead atoms. The SMILES string of the molecule is CCC(=O)[C@H](CCCN=C(N)NS(=O)(=O)c1c(C)cc(OC)c(C)c1C)NC(=O)OC(C)(C)C. The summed E-state index contributed by atoms with van der Waals surface area (Å²) >= 11 is 0. The molecule has 0 aliphatic heterocycles. The highest BCUT2D eigenvalue weighted by atomic mass is 32.2. The number of alkyl carbamates (subject to hydrolysis) is 1. The van der Waals surface area contributed by atoms with Gasteiger partial charge in [-0.1, -0.05) is 6.92 Å². The van der Waals surface area contributed by atoms with Gasteiger partial charge in [-0.25, -0.2) is 17.9 Å². The Hall–Kier alpha value is -2.82. The van der Waals surface area contributed by atoms with E-state index in [0.29, 0.717) is 35.3 Å². The van der Waals surface area contributed by atoms with Crippen molar-refractivity contribution in [1.82, 2.24) is 10.0 Å². The molecule has 0 aromatic heterocycles. The van der Waals surface area contributed by atoms with Gasteiger partial charge in [0, 0.05) is 13.0 Å². The van der Waals surface area contributed by atoms with E-state index in [1.165, 1.54) is 7.11 Å². The van der Waals surface area contributed by atoms with E-state index >= 15 is 0 Å². The number of aliphatic imine (C=N–C) groups is 1. The summed E-state index contributed by atoms with van der Waals surface area (Å²) in [5, 5.41) is 2.59. The minimum Gasteiger partial charge on any atom is -0.496 e. The molecular weight excluding hydrogens is 460 g/mol. The number of amides is 1. The smallest absolute Gasteiger partial charge is 0.408 e. The van der Waals surface area contributed by atoms with Crippen molar-refractivity contribution < 1.29 is 27.5 Å². The number of aryl methyl sites for hydroxylation is 1. The highest BCUT2D eigenvalue weighted by Crippen LogP contribution is 2.30. The molecule has 10 nitrogen and oxygen atoms in total. The van der Waals surface area contributed by atoms with Gasteiger partial charge in [0.15, 0.2) is 5.78 Å². The van der Waals surface area contributed by atoms with Crippen molar-refractivity contribution in [2.75, 3.05) is 13.7 Å². The fraction of sp³-hybridized carbons (Fsp3) is 0.609. The number of methoxy groups -OCH3 is 1. The average molecular weight is 499 g/mol. The number of hydrogen-bond donors (Lipinski definition) is 3. The number of ether oxygens (including phenoxy) is 2. The van der Waals surface area contributed by atoms with Crippen molar-refractivity contribution in [3.63, 3.8) is 0 Å². The standard InChI is InChI=1S/C23H38N4O6S/c1-9-18(28)17(26-22(29)33-23(5,6)7)11-10-12-25-21(24)27-34(30,31)20-14(2)13-19(32-8)15(3)16(20)4/h13,17H,9-12H2,1-8H3,(H,26,29)(H3,24,25,27)/t17-/m0/s1. The van der Waals surface area contributed by atoms with Gasteiger partial charge in [0.25, 0.3) is 10.0 Å². The molecule has 11 heteroatoms. The number of nitrogens with two attached hydrogens (primary N) is 1. The van der Waals surface area contributed by atoms with Gasteiger partial charge >= 0.3 is 6.09 Å². The number of nitrogens with one attached hydrogen (secondary N) is 2. The minimum atomic E-state index is -3.96. The molecule has 192 valence electrons. The Bertz CT molecular complexity index is 1030. The number of hydrogen-bond acceptors (Lipinski definition) is 7. The Labute approximate surface area is 202 Å². The minimum absolute atomic E-state index is 0.124. The molecule has 0 aliphatic rings. The zero-order chi connectivity index (χ0) is 26.3. The summed E-state index contributed by atoms with van der Waals surface area (Å²) in [6.45, 7) is 12.2. The lowest BCUT2D eigenvalue weighted by Crippen LogP contribution is -2.43. The number of benzene rings is 1. The van der Waals surface area contributed by atoms with Gasteiger partial charge in [0.05, 0.1) is 18.0 Å². The molecule has 1 aromatic rings. The first-order valence-corrected chi connectivity index (χ1v) is 12.6. The third-order valence-corrected chi connectivity index (χ3v) is 6.71. The number of carbonyl (C=O) groups excluding carboxylic acids is 2. The van der Waals surface area contributed by atoms with Crippen molar-refractivity contribution >= 4 is 27.9 Å². The molecule has 0 radical (unpaired) electrons. The quantitative estimate of drug-likeness (QED) is 0.255. The van der Waals surface area contributed by atoms with E-state index in [-0.39, 0.29) is 29.6 Å². The van der Waals surface area contributed by atoms with Crippen LogP contribution < -0.4 is 20.5 Å². The predicted molar refractivity (Wildman–Crippen MR) is 132 cm³/mol. The number of ketones is 1. The molecule has 1 amide bonds. The number of guanidine groups is 1. The van der Waals surface area contributed by atoms with Gasteiger partial charge in [-0.2, -0.15) is 0 Å². The maximum atomic E-state index is 12.9. The summed E-state index contributed by atoms with van der Waals surface area (Å²) < 4.78 is 38.6. The highest BCUT2D eigenvalue weighted by Gasteiger charge is 2.24. The third-order valence-electron chi connectivity index (χ3n) is 5.07. The Morgan fingerprint density at radius 1 is 1.18 bits per heavy atom. The van der Waals surface area contributed by atoms with E-state index in [0.717, 1.165) is 0 Å². The summed E-state index contributed by atoms with van der Waals surface area (Å²) in [5.74, 6) is 0.210. The van der Waals surface area contributed by atoms with Gasteiger partial charge in [-0.15, -0.1) is 0 Å². The van der Waals surface area contributed by atoms with E-state index in [9.17, 15) is 18.0 Å². The van der Waals surface area contributed by atoms with E-state index in [1.54, 1.807) is 54.5 Å². The van der Waals surface area contributed by atoms with E-state index in [4.69, 9.17) is 15.2 Å². The van der Waals surface area contributed by atoms with Crippen LogP contribution in [0.2, 0.25) is 0 Å². The van der Waals surface area contributed by atoms with Crippen LogP contribution in [-0.2, 0) is 19.6 Å². The fourth-order valence-electron chi connectivity index (χ4n) is 3.37. The molecule has 0 saturated heterocycles. The summed E-state index contributed by atoms with van der Waals surface area (Å²) in [7, 11) is -2.43. The third kappa shape index (κ3) is 8.51. The van der Waals surface area contributed by atoms with Crippen molar-refractivity contribution in [2.24, 2.45) is 10.7 Å². The van der Waals surface area contributed by atoms with Crippen LogP contribution in [0.25, 0.3) is 0 Å². The van der Waals surface area contributed by atoms with Crippen molar-refractivity contribution in [3.05, 3.63) is 22.8 Å². The van der Waals surface area contributed by atoms with Gasteiger partial charge in [-0.3, -0.25) is 9.79 Å². The molecule has 4 N–H and O–H groups in total. The predicted octanol–water partition coefficient (Wildman–Crippen LogP) is 2.87. The van der Waals surface area contributed by atoms with Crippen LogP contribution >= 0.6 is 0 Å². The average Bonchev–Trinajstić information content (AvgIpc) is 2.70. The Morgan fingerprint density at radius 2 is 1.79 bits per heavy atom. The molecule has 0 unspecified atom stereocenters. The molecule has 1 rings (SSSR count). The van der Waals surface area contributed by atoms with Crippen LogP contribution in [0.15, 0.2) is 16.0 Å². The first kappa shape index (κ1) is 29.2. The van der Waals surface area contributed by atoms with Crippen LogP contribution in [0.5, 0.6) is 5.75 Å². The molecule has 0 spiro atoms. The van der Waals surface area contributed by atoms with Crippen molar-refractivity contribution in [3.8, 4) is 5.75 Å². The number of nitrogens with zero attached hydrogens (tertiary/aromatic N) is 1. The van der Waals surface area contributed by atoms with E-state index < -0.39 is 27.8 Å². The van der Waals surface area contributed by atoms with Gasteiger partial charge in [0.2, 0.25) is 5.96 Å². The summed E-state index contributed by atoms with van der Waals surface area (Å²) in [6.07, 6.45) is 0.293. The van der Waals surface area contributed by atoms with Crippen molar-refractivity contribution in [2.45, 2.75) is 84.3 Å². The normalized spacial score (nSPS) is 13.2. The zero-order valence-electron chi connectivity index (χ0n) is 21.4. The lowest BCUT2D eigenvalue weighted by atomic mass is 10.1. The Balaban J connectivity index is 2.83. The second-order valence-corrected chi connectivity index (χ2v) is 10.6. The number of Topliss-reactive ketones (excluding diaryl/α,β-unsaturated/α-hetero) is 1.